The first-order valence-electron chi connectivity index (χ1n) is 3.67. The van der Waals surface area contributed by atoms with Crippen LogP contribution in [-0.4, -0.2) is 17.2 Å². The van der Waals surface area contributed by atoms with E-state index in [-0.39, 0.29) is 5.91 Å². The largest absolute Gasteiger partial charge is 0.346 e. The number of aromatic amines is 1. The molecule has 0 bridgehead atoms. The smallest absolute Gasteiger partial charge is 0.258 e. The fourth-order valence-corrected chi connectivity index (χ4v) is 1.27. The van der Waals surface area contributed by atoms with Crippen molar-refractivity contribution >= 4 is 11.7 Å². The summed E-state index contributed by atoms with van der Waals surface area (Å²) in [6.07, 6.45) is 0.861. The highest BCUT2D eigenvalue weighted by molar-refractivity contribution is 6.03. The van der Waals surface area contributed by atoms with E-state index in [2.05, 4.69) is 15.6 Å². The summed E-state index contributed by atoms with van der Waals surface area (Å²) in [4.78, 5) is 14.1. The van der Waals surface area contributed by atoms with Crippen LogP contribution in [0.25, 0.3) is 0 Å². The number of nitrogens with zero attached hydrogens (tertiary/aromatic N) is 1. The number of nitrogens with one attached hydrogen (secondary N) is 3. The molecule has 1 aromatic heterocycles. The first-order chi connectivity index (χ1) is 6.22. The molecule has 1 aliphatic rings. The molecule has 0 radical (unpaired) electrons. The maximum Gasteiger partial charge on any atom is 0.258 e. The van der Waals surface area contributed by atoms with Crippen LogP contribution >= 0.6 is 0 Å². The summed E-state index contributed by atoms with van der Waals surface area (Å²) >= 11 is 0. The maximum atomic E-state index is 11.3. The van der Waals surface area contributed by atoms with E-state index in [9.17, 15) is 4.79 Å². The van der Waals surface area contributed by atoms with Gasteiger partial charge < -0.3 is 15.6 Å². The van der Waals surface area contributed by atoms with Crippen molar-refractivity contribution in [2.24, 2.45) is 5.73 Å². The van der Waals surface area contributed by atoms with Crippen LogP contribution in [0.4, 0.5) is 5.82 Å². The molecular formula is C7H7N5O. The first kappa shape index (κ1) is 7.64. The molecule has 66 valence electrons. The Kier molecular flexibility index (Phi) is 1.47. The second-order valence-corrected chi connectivity index (χ2v) is 2.66. The zero-order valence-corrected chi connectivity index (χ0v) is 6.59. The Labute approximate surface area is 73.7 Å². The minimum absolute atomic E-state index is 0.312. The van der Waals surface area contributed by atoms with Crippen molar-refractivity contribution in [3.8, 4) is 6.07 Å². The van der Waals surface area contributed by atoms with Gasteiger partial charge in [-0.15, -0.1) is 0 Å². The minimum atomic E-state index is -0.606. The van der Waals surface area contributed by atoms with E-state index in [0.717, 1.165) is 0 Å². The number of carbonyl (C=O) groups excluding carboxylic acids is 1. The maximum absolute atomic E-state index is 11.3. The lowest BCUT2D eigenvalue weighted by Gasteiger charge is -2.21. The minimum Gasteiger partial charge on any atom is -0.346 e. The molecule has 0 spiro atoms. The number of carbonyl (C=O) groups is 1. The van der Waals surface area contributed by atoms with Crippen LogP contribution in [0.2, 0.25) is 0 Å². The van der Waals surface area contributed by atoms with Crippen molar-refractivity contribution in [3.05, 3.63) is 17.3 Å². The van der Waals surface area contributed by atoms with Gasteiger partial charge in [-0.1, -0.05) is 0 Å². The molecule has 6 nitrogen and oxygen atoms in total. The predicted octanol–water partition coefficient (Wildman–Crippen LogP) is -0.716. The van der Waals surface area contributed by atoms with Gasteiger partial charge in [-0.3, -0.25) is 10.5 Å². The monoisotopic (exact) mass is 177 g/mol. The molecule has 0 aromatic carbocycles. The number of anilines is 1. The van der Waals surface area contributed by atoms with Crippen molar-refractivity contribution in [2.75, 3.05) is 5.32 Å². The number of hydrogen-bond acceptors (Lipinski definition) is 4. The Balaban J connectivity index is 2.54. The van der Waals surface area contributed by atoms with Crippen molar-refractivity contribution < 1.29 is 4.79 Å². The normalized spacial score (nSPS) is 19.7. The van der Waals surface area contributed by atoms with Crippen LogP contribution in [-0.2, 0) is 0 Å². The summed E-state index contributed by atoms with van der Waals surface area (Å²) in [7, 11) is 0. The first-order valence-corrected chi connectivity index (χ1v) is 3.67. The summed E-state index contributed by atoms with van der Waals surface area (Å²) in [5.74, 6) is 0.159. The van der Waals surface area contributed by atoms with Gasteiger partial charge in [0.2, 0.25) is 0 Å². The van der Waals surface area contributed by atoms with Crippen molar-refractivity contribution in [2.45, 2.75) is 6.29 Å². The summed E-state index contributed by atoms with van der Waals surface area (Å²) < 4.78 is 0. The highest BCUT2D eigenvalue weighted by Crippen LogP contribution is 2.20. The number of rotatable bonds is 0. The van der Waals surface area contributed by atoms with E-state index < -0.39 is 6.29 Å². The molecule has 1 atom stereocenters. The van der Waals surface area contributed by atoms with Gasteiger partial charge in [0, 0.05) is 6.20 Å². The van der Waals surface area contributed by atoms with Crippen molar-refractivity contribution in [3.63, 3.8) is 0 Å². The molecule has 0 saturated heterocycles. The molecule has 0 saturated carbocycles. The zero-order valence-electron chi connectivity index (χ0n) is 6.59. The quantitative estimate of drug-likeness (QED) is 0.419. The Morgan fingerprint density at radius 3 is 3.00 bits per heavy atom. The van der Waals surface area contributed by atoms with Gasteiger partial charge in [-0.2, -0.15) is 5.26 Å². The molecule has 1 aliphatic heterocycles. The Morgan fingerprint density at radius 2 is 2.31 bits per heavy atom. The zero-order chi connectivity index (χ0) is 9.42. The summed E-state index contributed by atoms with van der Waals surface area (Å²) in [6.45, 7) is 0. The summed E-state index contributed by atoms with van der Waals surface area (Å²) in [6, 6.07) is 1.91. The average molecular weight is 177 g/mol. The SMILES string of the molecule is N#Cc1c[nH]c2c1C(=O)NC(N)N2. The highest BCUT2D eigenvalue weighted by Gasteiger charge is 2.25. The number of hydrogen-bond donors (Lipinski definition) is 4. The molecule has 5 N–H and O–H groups in total. The molecule has 6 heteroatoms. The number of nitrogens with two attached hydrogens (primary N) is 1. The lowest BCUT2D eigenvalue weighted by molar-refractivity contribution is 0.0937. The van der Waals surface area contributed by atoms with E-state index in [0.29, 0.717) is 16.9 Å². The molecule has 1 unspecified atom stereocenters. The Morgan fingerprint density at radius 1 is 1.54 bits per heavy atom. The van der Waals surface area contributed by atoms with E-state index in [1.807, 2.05) is 6.07 Å². The Bertz CT molecular complexity index is 402. The highest BCUT2D eigenvalue weighted by atomic mass is 16.2. The number of amides is 1. The van der Waals surface area contributed by atoms with Gasteiger partial charge in [0.05, 0.1) is 11.1 Å². The third kappa shape index (κ3) is 1.02. The molecule has 0 fully saturated rings. The van der Waals surface area contributed by atoms with Crippen molar-refractivity contribution in [1.82, 2.24) is 10.3 Å². The summed E-state index contributed by atoms with van der Waals surface area (Å²) in [5, 5.41) is 13.9. The topological polar surface area (TPSA) is 107 Å². The standard InChI is InChI=1S/C7H7N5O/c8-1-3-2-10-5-4(3)6(13)12-7(9)11-5/h2,7,10-11H,9H2,(H,12,13). The third-order valence-corrected chi connectivity index (χ3v) is 1.81. The second kappa shape index (κ2) is 2.50. The lowest BCUT2D eigenvalue weighted by atomic mass is 10.1. The fourth-order valence-electron chi connectivity index (χ4n) is 1.27. The molecule has 2 heterocycles. The number of fused-ring (bicyclic) bond motifs is 1. The number of aromatic nitrogens is 1. The predicted molar refractivity (Wildman–Crippen MR) is 44.6 cm³/mol. The van der Waals surface area contributed by atoms with Gasteiger partial charge in [0.25, 0.3) is 5.91 Å². The Hall–Kier alpha value is -2.00. The van der Waals surface area contributed by atoms with Gasteiger partial charge in [-0.05, 0) is 0 Å². The second-order valence-electron chi connectivity index (χ2n) is 2.66. The lowest BCUT2D eigenvalue weighted by Crippen LogP contribution is -2.50. The van der Waals surface area contributed by atoms with Crippen LogP contribution in [0.1, 0.15) is 15.9 Å². The van der Waals surface area contributed by atoms with Crippen LogP contribution in [0.3, 0.4) is 0 Å². The molecule has 1 amide bonds. The van der Waals surface area contributed by atoms with Gasteiger partial charge >= 0.3 is 0 Å². The average Bonchev–Trinajstić information content (AvgIpc) is 2.47. The van der Waals surface area contributed by atoms with Crippen LogP contribution in [0, 0.1) is 11.3 Å². The molecule has 2 rings (SSSR count). The third-order valence-electron chi connectivity index (χ3n) is 1.81. The van der Waals surface area contributed by atoms with Gasteiger partial charge in [-0.25, -0.2) is 0 Å². The van der Waals surface area contributed by atoms with Gasteiger partial charge in [0.1, 0.15) is 11.9 Å². The van der Waals surface area contributed by atoms with E-state index in [1.165, 1.54) is 6.20 Å². The molecule has 1 aromatic rings. The summed E-state index contributed by atoms with van der Waals surface area (Å²) in [5.41, 5.74) is 6.08. The van der Waals surface area contributed by atoms with E-state index in [4.69, 9.17) is 11.0 Å². The molecule has 0 aliphatic carbocycles. The number of nitriles is 1. The van der Waals surface area contributed by atoms with Gasteiger partial charge in [0.15, 0.2) is 6.29 Å². The molecule has 13 heavy (non-hydrogen) atoms. The van der Waals surface area contributed by atoms with Crippen LogP contribution in [0.15, 0.2) is 6.20 Å². The van der Waals surface area contributed by atoms with Crippen molar-refractivity contribution in [1.29, 1.82) is 5.26 Å². The van der Waals surface area contributed by atoms with Crippen LogP contribution in [0.5, 0.6) is 0 Å². The van der Waals surface area contributed by atoms with Crippen LogP contribution < -0.4 is 16.4 Å². The number of H-pyrrole nitrogens is 1. The van der Waals surface area contributed by atoms with E-state index in [1.54, 1.807) is 0 Å². The molecular weight excluding hydrogens is 170 g/mol. The fraction of sp³-hybridized carbons (Fsp3) is 0.143. The van der Waals surface area contributed by atoms with E-state index >= 15 is 0 Å².